The summed E-state index contributed by atoms with van der Waals surface area (Å²) in [5, 5.41) is 4.98. The molecule has 1 unspecified atom stereocenters. The molecule has 1 atom stereocenters. The van der Waals surface area contributed by atoms with Gasteiger partial charge in [-0.05, 0) is 34.9 Å². The van der Waals surface area contributed by atoms with Gasteiger partial charge in [0.1, 0.15) is 11.5 Å². The molecule has 0 saturated carbocycles. The van der Waals surface area contributed by atoms with Gasteiger partial charge in [-0.25, -0.2) is 0 Å². The number of piperazine rings is 1. The van der Waals surface area contributed by atoms with Gasteiger partial charge in [0.2, 0.25) is 0 Å². The Hall–Kier alpha value is -3.18. The number of aromatic nitrogens is 1. The van der Waals surface area contributed by atoms with E-state index in [0.29, 0.717) is 0 Å². The van der Waals surface area contributed by atoms with E-state index in [1.165, 1.54) is 11.1 Å². The topological polar surface area (TPSA) is 32.5 Å². The van der Waals surface area contributed by atoms with Gasteiger partial charge in [-0.2, -0.15) is 0 Å². The number of rotatable bonds is 8. The molecular weight excluding hydrogens is 454 g/mol. The number of hydrogen-bond acceptors (Lipinski definition) is 4. The van der Waals surface area contributed by atoms with Crippen LogP contribution in [0.2, 0.25) is 5.02 Å². The molecule has 3 aromatic carbocycles. The molecular formula is C30H30ClN3O. The molecule has 0 bridgehead atoms. The highest BCUT2D eigenvalue weighted by atomic mass is 35.5. The van der Waals surface area contributed by atoms with Crippen LogP contribution < -0.4 is 0 Å². The monoisotopic (exact) mass is 483 g/mol. The largest absolute Gasteiger partial charge is 0.361 e. The van der Waals surface area contributed by atoms with Crippen molar-refractivity contribution in [2.75, 3.05) is 32.7 Å². The van der Waals surface area contributed by atoms with Gasteiger partial charge in [0.15, 0.2) is 0 Å². The van der Waals surface area contributed by atoms with Crippen molar-refractivity contribution in [2.24, 2.45) is 0 Å². The molecule has 5 rings (SSSR count). The molecule has 35 heavy (non-hydrogen) atoms. The van der Waals surface area contributed by atoms with Gasteiger partial charge in [0.25, 0.3) is 0 Å². The van der Waals surface area contributed by atoms with E-state index in [1.807, 2.05) is 42.5 Å². The third-order valence-electron chi connectivity index (χ3n) is 6.57. The smallest absolute Gasteiger partial charge is 0.138 e. The zero-order valence-electron chi connectivity index (χ0n) is 19.8. The number of halogens is 1. The third-order valence-corrected chi connectivity index (χ3v) is 6.82. The summed E-state index contributed by atoms with van der Waals surface area (Å²) >= 11 is 6.16. The first kappa shape index (κ1) is 23.6. The van der Waals surface area contributed by atoms with Crippen LogP contribution in [0.3, 0.4) is 0 Å². The average molecular weight is 484 g/mol. The van der Waals surface area contributed by atoms with E-state index < -0.39 is 0 Å². The van der Waals surface area contributed by atoms with Crippen LogP contribution in [0.25, 0.3) is 12.2 Å². The number of hydrogen-bond donors (Lipinski definition) is 0. The maximum absolute atomic E-state index is 6.16. The minimum atomic E-state index is 0.240. The standard InChI is InChI=1S/C30H30ClN3O/c31-27-14-12-26(13-15-27)30(25-9-5-2-6-10-25)34-21-19-33(20-22-34)18-17-29-23-28(32-35-29)16-11-24-7-3-1-4-8-24/h1-16,23,30H,17-22H2. The molecule has 0 N–H and O–H groups in total. The van der Waals surface area contributed by atoms with Crippen LogP contribution in [0.4, 0.5) is 0 Å². The van der Waals surface area contributed by atoms with Gasteiger partial charge in [0.05, 0.1) is 6.04 Å². The van der Waals surface area contributed by atoms with Crippen molar-refractivity contribution in [3.05, 3.63) is 124 Å². The summed E-state index contributed by atoms with van der Waals surface area (Å²) in [5.41, 5.74) is 4.62. The molecule has 1 aliphatic rings. The van der Waals surface area contributed by atoms with E-state index in [-0.39, 0.29) is 6.04 Å². The van der Waals surface area contributed by atoms with Gasteiger partial charge in [0, 0.05) is 50.2 Å². The van der Waals surface area contributed by atoms with Crippen molar-refractivity contribution in [2.45, 2.75) is 12.5 Å². The quantitative estimate of drug-likeness (QED) is 0.288. The lowest BCUT2D eigenvalue weighted by Gasteiger charge is -2.39. The predicted molar refractivity (Wildman–Crippen MR) is 143 cm³/mol. The van der Waals surface area contributed by atoms with Crippen molar-refractivity contribution < 1.29 is 4.52 Å². The molecule has 0 aliphatic carbocycles. The Balaban J connectivity index is 1.17. The summed E-state index contributed by atoms with van der Waals surface area (Å²) in [6.07, 6.45) is 4.93. The molecule has 1 saturated heterocycles. The molecule has 1 aliphatic heterocycles. The van der Waals surface area contributed by atoms with E-state index in [9.17, 15) is 0 Å². The molecule has 0 amide bonds. The number of nitrogens with zero attached hydrogens (tertiary/aromatic N) is 3. The zero-order valence-corrected chi connectivity index (χ0v) is 20.5. The summed E-state index contributed by atoms with van der Waals surface area (Å²) in [5.74, 6) is 0.934. The van der Waals surface area contributed by atoms with E-state index in [4.69, 9.17) is 16.1 Å². The fraction of sp³-hybridized carbons (Fsp3) is 0.233. The predicted octanol–water partition coefficient (Wildman–Crippen LogP) is 6.45. The van der Waals surface area contributed by atoms with E-state index in [0.717, 1.165) is 61.2 Å². The second kappa shape index (κ2) is 11.5. The Morgan fingerprint density at radius 3 is 2.17 bits per heavy atom. The van der Waals surface area contributed by atoms with Crippen LogP contribution in [0.1, 0.15) is 34.2 Å². The Bertz CT molecular complexity index is 1210. The Labute approximate surface area is 212 Å². The zero-order chi connectivity index (χ0) is 23.9. The van der Waals surface area contributed by atoms with Gasteiger partial charge < -0.3 is 9.42 Å². The van der Waals surface area contributed by atoms with Crippen LogP contribution in [-0.2, 0) is 6.42 Å². The van der Waals surface area contributed by atoms with Crippen LogP contribution >= 0.6 is 11.6 Å². The molecule has 1 aromatic heterocycles. The van der Waals surface area contributed by atoms with E-state index in [2.05, 4.69) is 75.6 Å². The van der Waals surface area contributed by atoms with Crippen molar-refractivity contribution >= 4 is 23.8 Å². The van der Waals surface area contributed by atoms with E-state index in [1.54, 1.807) is 0 Å². The molecule has 4 nitrogen and oxygen atoms in total. The van der Waals surface area contributed by atoms with Crippen molar-refractivity contribution in [3.8, 4) is 0 Å². The van der Waals surface area contributed by atoms with Crippen molar-refractivity contribution in [3.63, 3.8) is 0 Å². The Morgan fingerprint density at radius 2 is 1.46 bits per heavy atom. The van der Waals surface area contributed by atoms with Crippen LogP contribution in [-0.4, -0.2) is 47.7 Å². The molecule has 0 radical (unpaired) electrons. The summed E-state index contributed by atoms with van der Waals surface area (Å²) in [6, 6.07) is 31.6. The van der Waals surface area contributed by atoms with Gasteiger partial charge in [-0.1, -0.05) is 95.6 Å². The van der Waals surface area contributed by atoms with Gasteiger partial charge in [-0.3, -0.25) is 4.90 Å². The molecule has 2 heterocycles. The van der Waals surface area contributed by atoms with Crippen LogP contribution in [0.5, 0.6) is 0 Å². The maximum atomic E-state index is 6.16. The fourth-order valence-corrected chi connectivity index (χ4v) is 4.81. The highest BCUT2D eigenvalue weighted by Gasteiger charge is 2.26. The Kier molecular flexibility index (Phi) is 7.74. The van der Waals surface area contributed by atoms with Crippen LogP contribution in [0, 0.1) is 0 Å². The molecule has 5 heteroatoms. The first-order valence-corrected chi connectivity index (χ1v) is 12.6. The third kappa shape index (κ3) is 6.29. The minimum Gasteiger partial charge on any atom is -0.361 e. The number of benzene rings is 3. The lowest BCUT2D eigenvalue weighted by atomic mass is 9.96. The average Bonchev–Trinajstić information content (AvgIpc) is 3.37. The molecule has 178 valence electrons. The normalized spacial score (nSPS) is 16.0. The minimum absolute atomic E-state index is 0.240. The lowest BCUT2D eigenvalue weighted by molar-refractivity contribution is 0.109. The summed E-state index contributed by atoms with van der Waals surface area (Å²) < 4.78 is 5.58. The summed E-state index contributed by atoms with van der Waals surface area (Å²) in [7, 11) is 0. The first-order valence-electron chi connectivity index (χ1n) is 12.2. The second-order valence-corrected chi connectivity index (χ2v) is 9.39. The van der Waals surface area contributed by atoms with Crippen molar-refractivity contribution in [1.82, 2.24) is 15.0 Å². The molecule has 1 fully saturated rings. The van der Waals surface area contributed by atoms with E-state index >= 15 is 0 Å². The van der Waals surface area contributed by atoms with Crippen molar-refractivity contribution in [1.29, 1.82) is 0 Å². The summed E-state index contributed by atoms with van der Waals surface area (Å²) in [6.45, 7) is 5.08. The second-order valence-electron chi connectivity index (χ2n) is 8.95. The highest BCUT2D eigenvalue weighted by molar-refractivity contribution is 6.30. The fourth-order valence-electron chi connectivity index (χ4n) is 4.68. The first-order chi connectivity index (χ1) is 17.2. The SMILES string of the molecule is Clc1ccc(C(c2ccccc2)N2CCN(CCc3cc(C=Cc4ccccc4)no3)CC2)cc1. The maximum Gasteiger partial charge on any atom is 0.138 e. The van der Waals surface area contributed by atoms with Gasteiger partial charge in [-0.15, -0.1) is 0 Å². The highest BCUT2D eigenvalue weighted by Crippen LogP contribution is 2.30. The molecule has 0 spiro atoms. The molecule has 4 aromatic rings. The van der Waals surface area contributed by atoms with Gasteiger partial charge >= 0.3 is 0 Å². The lowest BCUT2D eigenvalue weighted by Crippen LogP contribution is -2.48. The Morgan fingerprint density at radius 1 is 0.800 bits per heavy atom. The summed E-state index contributed by atoms with van der Waals surface area (Å²) in [4.78, 5) is 5.10. The van der Waals surface area contributed by atoms with Crippen LogP contribution in [0.15, 0.2) is 95.5 Å².